The quantitative estimate of drug-likeness (QED) is 0.896. The predicted octanol–water partition coefficient (Wildman–Crippen LogP) is 3.07. The third-order valence-corrected chi connectivity index (χ3v) is 3.82. The van der Waals surface area contributed by atoms with Crippen molar-refractivity contribution < 1.29 is 0 Å². The van der Waals surface area contributed by atoms with Gasteiger partial charge in [-0.2, -0.15) is 0 Å². The molecule has 1 aliphatic rings. The Kier molecular flexibility index (Phi) is 4.43. The predicted molar refractivity (Wildman–Crippen MR) is 73.2 cm³/mol. The highest BCUT2D eigenvalue weighted by Crippen LogP contribution is 2.27. The summed E-state index contributed by atoms with van der Waals surface area (Å²) < 4.78 is 0. The molecule has 3 heteroatoms. The Balaban J connectivity index is 2.15. The van der Waals surface area contributed by atoms with E-state index in [0.29, 0.717) is 12.6 Å². The molecule has 0 radical (unpaired) electrons. The number of nitrogens with two attached hydrogens (primary N) is 1. The van der Waals surface area contributed by atoms with Crippen molar-refractivity contribution in [3.63, 3.8) is 0 Å². The summed E-state index contributed by atoms with van der Waals surface area (Å²) in [5.74, 6) is 0.775. The van der Waals surface area contributed by atoms with E-state index in [1.165, 1.54) is 18.4 Å². The fraction of sp³-hybridized carbons (Fsp3) is 0.571. The highest BCUT2D eigenvalue weighted by atomic mass is 35.5. The Morgan fingerprint density at radius 1 is 1.53 bits per heavy atom. The van der Waals surface area contributed by atoms with Crippen LogP contribution in [0.25, 0.3) is 0 Å². The van der Waals surface area contributed by atoms with Crippen LogP contribution in [-0.4, -0.2) is 24.5 Å². The Hall–Kier alpha value is -0.570. The summed E-state index contributed by atoms with van der Waals surface area (Å²) in [6.45, 7) is 5.28. The minimum absolute atomic E-state index is 0.316. The average Bonchev–Trinajstić information content (AvgIpc) is 2.30. The zero-order chi connectivity index (χ0) is 12.3. The smallest absolute Gasteiger partial charge is 0.0471 e. The number of piperidine rings is 1. The number of halogens is 1. The van der Waals surface area contributed by atoms with E-state index in [1.807, 2.05) is 18.2 Å². The average molecular weight is 253 g/mol. The van der Waals surface area contributed by atoms with Crippen LogP contribution < -0.4 is 5.73 Å². The normalized spacial score (nSPS) is 23.6. The van der Waals surface area contributed by atoms with Crippen LogP contribution in [0.2, 0.25) is 5.02 Å². The van der Waals surface area contributed by atoms with Crippen LogP contribution in [0.5, 0.6) is 0 Å². The molecule has 1 aromatic rings. The molecule has 0 aromatic heterocycles. The van der Waals surface area contributed by atoms with Crippen LogP contribution in [0.1, 0.15) is 31.4 Å². The molecule has 2 N–H and O–H groups in total. The Morgan fingerprint density at radius 2 is 2.35 bits per heavy atom. The van der Waals surface area contributed by atoms with E-state index < -0.39 is 0 Å². The van der Waals surface area contributed by atoms with Gasteiger partial charge < -0.3 is 5.73 Å². The van der Waals surface area contributed by atoms with Gasteiger partial charge in [-0.25, -0.2) is 0 Å². The lowest BCUT2D eigenvalue weighted by Gasteiger charge is -2.37. The van der Waals surface area contributed by atoms with Crippen LogP contribution in [0.15, 0.2) is 24.3 Å². The van der Waals surface area contributed by atoms with Gasteiger partial charge in [0.25, 0.3) is 0 Å². The number of nitrogens with zero attached hydrogens (tertiary/aromatic N) is 1. The Morgan fingerprint density at radius 3 is 3.00 bits per heavy atom. The molecular formula is C14H21ClN2. The van der Waals surface area contributed by atoms with Gasteiger partial charge in [-0.3, -0.25) is 4.90 Å². The highest BCUT2D eigenvalue weighted by Gasteiger charge is 2.24. The molecule has 0 bridgehead atoms. The first-order valence-electron chi connectivity index (χ1n) is 6.40. The summed E-state index contributed by atoms with van der Waals surface area (Å²) in [5.41, 5.74) is 7.19. The third kappa shape index (κ3) is 3.21. The van der Waals surface area contributed by atoms with Gasteiger partial charge in [-0.15, -0.1) is 0 Å². The van der Waals surface area contributed by atoms with Crippen LogP contribution in [0.4, 0.5) is 0 Å². The zero-order valence-electron chi connectivity index (χ0n) is 10.4. The second kappa shape index (κ2) is 5.85. The van der Waals surface area contributed by atoms with Crippen molar-refractivity contribution in [1.29, 1.82) is 0 Å². The van der Waals surface area contributed by atoms with E-state index >= 15 is 0 Å². The third-order valence-electron chi connectivity index (χ3n) is 3.59. The van der Waals surface area contributed by atoms with Crippen LogP contribution in [-0.2, 0) is 0 Å². The van der Waals surface area contributed by atoms with E-state index in [4.69, 9.17) is 17.3 Å². The van der Waals surface area contributed by atoms with Crippen LogP contribution in [0.3, 0.4) is 0 Å². The summed E-state index contributed by atoms with van der Waals surface area (Å²) in [6.07, 6.45) is 2.61. The van der Waals surface area contributed by atoms with Gasteiger partial charge in [0.05, 0.1) is 0 Å². The number of likely N-dealkylation sites (tertiary alicyclic amines) is 1. The topological polar surface area (TPSA) is 29.3 Å². The first-order chi connectivity index (χ1) is 8.20. The molecule has 94 valence electrons. The van der Waals surface area contributed by atoms with E-state index in [2.05, 4.69) is 17.9 Å². The molecule has 0 aliphatic carbocycles. The molecule has 17 heavy (non-hydrogen) atoms. The Labute approximate surface area is 109 Å². The minimum Gasteiger partial charge on any atom is -0.329 e. The molecule has 2 rings (SSSR count). The lowest BCUT2D eigenvalue weighted by Crippen LogP contribution is -2.40. The van der Waals surface area contributed by atoms with Crippen molar-refractivity contribution in [2.45, 2.75) is 25.8 Å². The van der Waals surface area contributed by atoms with Gasteiger partial charge in [0.2, 0.25) is 0 Å². The van der Waals surface area contributed by atoms with Crippen molar-refractivity contribution in [1.82, 2.24) is 4.90 Å². The first kappa shape index (κ1) is 12.9. The largest absolute Gasteiger partial charge is 0.329 e. The number of rotatable bonds is 3. The zero-order valence-corrected chi connectivity index (χ0v) is 11.2. The SMILES string of the molecule is CC1CCCN(C(CN)c2cccc(Cl)c2)C1. The fourth-order valence-electron chi connectivity index (χ4n) is 2.72. The molecule has 1 aliphatic heterocycles. The lowest BCUT2D eigenvalue weighted by atomic mass is 9.96. The lowest BCUT2D eigenvalue weighted by molar-refractivity contribution is 0.133. The van der Waals surface area contributed by atoms with Crippen LogP contribution in [0, 0.1) is 5.92 Å². The molecule has 0 spiro atoms. The summed E-state index contributed by atoms with van der Waals surface area (Å²) in [6, 6.07) is 8.41. The molecule has 1 aromatic carbocycles. The summed E-state index contributed by atoms with van der Waals surface area (Å²) in [7, 11) is 0. The monoisotopic (exact) mass is 252 g/mol. The maximum absolute atomic E-state index is 6.05. The minimum atomic E-state index is 0.316. The van der Waals surface area contributed by atoms with Crippen molar-refractivity contribution in [3.8, 4) is 0 Å². The summed E-state index contributed by atoms with van der Waals surface area (Å²) in [5, 5.41) is 0.797. The molecular weight excluding hydrogens is 232 g/mol. The molecule has 1 saturated heterocycles. The number of benzene rings is 1. The van der Waals surface area contributed by atoms with Gasteiger partial charge >= 0.3 is 0 Å². The molecule has 2 nitrogen and oxygen atoms in total. The fourth-order valence-corrected chi connectivity index (χ4v) is 2.92. The van der Waals surface area contributed by atoms with Crippen molar-refractivity contribution in [3.05, 3.63) is 34.9 Å². The van der Waals surface area contributed by atoms with Gasteiger partial charge in [-0.1, -0.05) is 30.7 Å². The molecule has 1 heterocycles. The maximum Gasteiger partial charge on any atom is 0.0471 e. The van der Waals surface area contributed by atoms with E-state index in [9.17, 15) is 0 Å². The second-order valence-electron chi connectivity index (χ2n) is 5.05. The van der Waals surface area contributed by atoms with Crippen molar-refractivity contribution in [2.24, 2.45) is 11.7 Å². The highest BCUT2D eigenvalue weighted by molar-refractivity contribution is 6.30. The molecule has 2 atom stereocenters. The summed E-state index contributed by atoms with van der Waals surface area (Å²) >= 11 is 6.05. The number of hydrogen-bond donors (Lipinski definition) is 1. The maximum atomic E-state index is 6.05. The molecule has 0 amide bonds. The molecule has 1 fully saturated rings. The van der Waals surface area contributed by atoms with Crippen molar-refractivity contribution in [2.75, 3.05) is 19.6 Å². The van der Waals surface area contributed by atoms with Gasteiger partial charge in [0.1, 0.15) is 0 Å². The van der Waals surface area contributed by atoms with Gasteiger partial charge in [-0.05, 0) is 43.0 Å². The Bertz CT molecular complexity index is 367. The van der Waals surface area contributed by atoms with E-state index in [0.717, 1.165) is 24.0 Å². The summed E-state index contributed by atoms with van der Waals surface area (Å²) in [4.78, 5) is 2.50. The molecule has 0 saturated carbocycles. The van der Waals surface area contributed by atoms with Crippen molar-refractivity contribution >= 4 is 11.6 Å². The van der Waals surface area contributed by atoms with E-state index in [-0.39, 0.29) is 0 Å². The second-order valence-corrected chi connectivity index (χ2v) is 5.49. The first-order valence-corrected chi connectivity index (χ1v) is 6.78. The standard InChI is InChI=1S/C14H21ClN2/c1-11-4-3-7-17(10-11)14(9-16)12-5-2-6-13(15)8-12/h2,5-6,8,11,14H,3-4,7,9-10,16H2,1H3. The van der Waals surface area contributed by atoms with E-state index in [1.54, 1.807) is 0 Å². The van der Waals surface area contributed by atoms with Crippen LogP contribution >= 0.6 is 11.6 Å². The number of hydrogen-bond acceptors (Lipinski definition) is 2. The molecule has 2 unspecified atom stereocenters. The van der Waals surface area contributed by atoms with Gasteiger partial charge in [0.15, 0.2) is 0 Å². The van der Waals surface area contributed by atoms with Gasteiger partial charge in [0, 0.05) is 24.2 Å².